The van der Waals surface area contributed by atoms with Crippen molar-refractivity contribution < 1.29 is 5.16 Å². The highest BCUT2D eigenvalue weighted by Gasteiger charge is 1.95. The summed E-state index contributed by atoms with van der Waals surface area (Å²) < 4.78 is 0. The van der Waals surface area contributed by atoms with Gasteiger partial charge >= 0.3 is 0 Å². The largest absolute Gasteiger partial charge is 0.241 e. The maximum Gasteiger partial charge on any atom is 0.238 e. The molecule has 0 fully saturated rings. The Bertz CT molecular complexity index is 135. The number of allylic oxidation sites excluding steroid dienone is 4. The molecule has 36 valence electrons. The SMILES string of the molecule is [NH2+]=PC1=CC=CC1. The fraction of sp³-hybridized carbons (Fsp3) is 0.200. The van der Waals surface area contributed by atoms with Crippen LogP contribution in [0.25, 0.3) is 0 Å². The van der Waals surface area contributed by atoms with E-state index >= 15 is 0 Å². The van der Waals surface area contributed by atoms with E-state index in [1.807, 2.05) is 6.08 Å². The summed E-state index contributed by atoms with van der Waals surface area (Å²) in [6, 6.07) is 0. The minimum absolute atomic E-state index is 0.921. The summed E-state index contributed by atoms with van der Waals surface area (Å²) in [6.07, 6.45) is 7.25. The molecule has 0 spiro atoms. The first-order valence-electron chi connectivity index (χ1n) is 2.20. The zero-order valence-electron chi connectivity index (χ0n) is 3.96. The zero-order valence-corrected chi connectivity index (χ0v) is 4.86. The molecule has 0 heterocycles. The minimum atomic E-state index is 0.921. The summed E-state index contributed by atoms with van der Waals surface area (Å²) in [4.78, 5) is 0. The van der Waals surface area contributed by atoms with Crippen LogP contribution in [0.2, 0.25) is 0 Å². The van der Waals surface area contributed by atoms with Crippen molar-refractivity contribution in [1.29, 1.82) is 0 Å². The number of rotatable bonds is 1. The van der Waals surface area contributed by atoms with E-state index in [1.165, 1.54) is 5.31 Å². The second-order valence-electron chi connectivity index (χ2n) is 1.42. The molecule has 2 heteroatoms. The van der Waals surface area contributed by atoms with Crippen LogP contribution in [0.4, 0.5) is 0 Å². The lowest BCUT2D eigenvalue weighted by Crippen LogP contribution is -2.16. The Balaban J connectivity index is 2.61. The highest BCUT2D eigenvalue weighted by molar-refractivity contribution is 7.28. The predicted octanol–water partition coefficient (Wildman–Crippen LogP) is 0.719. The Kier molecular flexibility index (Phi) is 1.38. The van der Waals surface area contributed by atoms with E-state index in [4.69, 9.17) is 5.16 Å². The van der Waals surface area contributed by atoms with Gasteiger partial charge in [-0.2, -0.15) is 0 Å². The smallest absolute Gasteiger partial charge is 0.238 e. The molecule has 1 aliphatic carbocycles. The predicted molar refractivity (Wildman–Crippen MR) is 30.7 cm³/mol. The Labute approximate surface area is 44.4 Å². The van der Waals surface area contributed by atoms with E-state index in [-0.39, 0.29) is 0 Å². The molecular weight excluding hydrogens is 105 g/mol. The molecule has 0 bridgehead atoms. The average Bonchev–Trinajstić information content (AvgIpc) is 2.14. The molecule has 0 aliphatic heterocycles. The van der Waals surface area contributed by atoms with E-state index in [9.17, 15) is 0 Å². The quantitative estimate of drug-likeness (QED) is 0.483. The molecule has 7 heavy (non-hydrogen) atoms. The van der Waals surface area contributed by atoms with Gasteiger partial charge in [0.1, 0.15) is 0 Å². The summed E-state index contributed by atoms with van der Waals surface area (Å²) in [6.45, 7) is 0. The highest BCUT2D eigenvalue weighted by atomic mass is 31.1. The van der Waals surface area contributed by atoms with Crippen LogP contribution in [0.1, 0.15) is 6.42 Å². The van der Waals surface area contributed by atoms with E-state index in [0.29, 0.717) is 0 Å². The Morgan fingerprint density at radius 2 is 2.57 bits per heavy atom. The first-order chi connectivity index (χ1) is 3.43. The lowest BCUT2D eigenvalue weighted by Gasteiger charge is -1.74. The lowest BCUT2D eigenvalue weighted by atomic mass is 10.5. The first kappa shape index (κ1) is 4.73. The standard InChI is InChI=1S/C5H6NP/c6-7-5-3-1-2-4-5/h1-3,6H,4H2/p+1. The van der Waals surface area contributed by atoms with E-state index < -0.39 is 0 Å². The molecule has 0 aromatic heterocycles. The van der Waals surface area contributed by atoms with Crippen molar-refractivity contribution in [1.82, 2.24) is 0 Å². The van der Waals surface area contributed by atoms with Gasteiger partial charge in [-0.25, -0.2) is 5.16 Å². The van der Waals surface area contributed by atoms with Crippen LogP contribution in [0, 0.1) is 0 Å². The maximum atomic E-state index is 5.30. The van der Waals surface area contributed by atoms with E-state index in [1.54, 1.807) is 0 Å². The monoisotopic (exact) mass is 112 g/mol. The summed E-state index contributed by atoms with van der Waals surface area (Å²) in [7, 11) is 0.921. The van der Waals surface area contributed by atoms with Gasteiger partial charge in [-0.3, -0.25) is 0 Å². The minimum Gasteiger partial charge on any atom is -0.241 e. The fourth-order valence-corrected chi connectivity index (χ4v) is 0.915. The van der Waals surface area contributed by atoms with Crippen LogP contribution >= 0.6 is 8.37 Å². The molecule has 0 radical (unpaired) electrons. The lowest BCUT2D eigenvalue weighted by molar-refractivity contribution is -0.0750. The van der Waals surface area contributed by atoms with Crippen molar-refractivity contribution in [2.24, 2.45) is 0 Å². The van der Waals surface area contributed by atoms with Crippen LogP contribution in [0.3, 0.4) is 0 Å². The Hall–Kier alpha value is -0.420. The van der Waals surface area contributed by atoms with Crippen molar-refractivity contribution in [3.8, 4) is 0 Å². The summed E-state index contributed by atoms with van der Waals surface area (Å²) in [5.74, 6) is 0. The third-order valence-electron chi connectivity index (χ3n) is 0.918. The normalized spacial score (nSPS) is 18.0. The molecule has 1 nitrogen and oxygen atoms in total. The number of hydrogen-bond donors (Lipinski definition) is 1. The van der Waals surface area contributed by atoms with Gasteiger partial charge in [0.15, 0.2) is 0 Å². The topological polar surface area (TPSA) is 25.6 Å². The molecule has 0 unspecified atom stereocenters. The third kappa shape index (κ3) is 0.971. The van der Waals surface area contributed by atoms with Gasteiger partial charge < -0.3 is 0 Å². The van der Waals surface area contributed by atoms with Gasteiger partial charge in [0.25, 0.3) is 0 Å². The van der Waals surface area contributed by atoms with Gasteiger partial charge in [0.05, 0.1) is 0 Å². The first-order valence-corrected chi connectivity index (χ1v) is 3.16. The molecule has 1 rings (SSSR count). The fourth-order valence-electron chi connectivity index (χ4n) is 0.532. The van der Waals surface area contributed by atoms with Gasteiger partial charge in [-0.1, -0.05) is 12.2 Å². The van der Waals surface area contributed by atoms with Crippen molar-refractivity contribution in [3.05, 3.63) is 23.5 Å². The van der Waals surface area contributed by atoms with Crippen molar-refractivity contribution in [3.63, 3.8) is 0 Å². The second-order valence-corrected chi connectivity index (χ2v) is 2.25. The molecule has 0 amide bonds. The highest BCUT2D eigenvalue weighted by Crippen LogP contribution is 2.18. The Morgan fingerprint density at radius 1 is 1.71 bits per heavy atom. The van der Waals surface area contributed by atoms with Crippen LogP contribution in [-0.4, -0.2) is 0 Å². The number of nitrogens with two attached hydrogens (primary N) is 1. The van der Waals surface area contributed by atoms with Crippen molar-refractivity contribution >= 4 is 8.37 Å². The van der Waals surface area contributed by atoms with Gasteiger partial charge in [-0.15, -0.1) is 0 Å². The van der Waals surface area contributed by atoms with Crippen LogP contribution < -0.4 is 5.16 Å². The molecule has 0 aromatic carbocycles. The van der Waals surface area contributed by atoms with E-state index in [0.717, 1.165) is 14.8 Å². The van der Waals surface area contributed by atoms with Gasteiger partial charge in [-0.05, 0) is 6.08 Å². The van der Waals surface area contributed by atoms with Crippen molar-refractivity contribution in [2.75, 3.05) is 0 Å². The molecule has 2 N–H and O–H groups in total. The molecule has 0 saturated heterocycles. The summed E-state index contributed by atoms with van der Waals surface area (Å²) in [5.41, 5.74) is 0. The van der Waals surface area contributed by atoms with E-state index in [2.05, 4.69) is 12.2 Å². The molecule has 1 aliphatic rings. The third-order valence-corrected chi connectivity index (χ3v) is 1.58. The van der Waals surface area contributed by atoms with Crippen LogP contribution in [0.15, 0.2) is 23.5 Å². The van der Waals surface area contributed by atoms with Crippen LogP contribution in [0.5, 0.6) is 0 Å². The van der Waals surface area contributed by atoms with Gasteiger partial charge in [0.2, 0.25) is 8.37 Å². The maximum absolute atomic E-state index is 5.30. The average molecular weight is 112 g/mol. The van der Waals surface area contributed by atoms with Crippen molar-refractivity contribution in [2.45, 2.75) is 6.42 Å². The number of hydrogen-bond acceptors (Lipinski definition) is 0. The van der Waals surface area contributed by atoms with Gasteiger partial charge in [0, 0.05) is 11.7 Å². The molecule has 0 aromatic rings. The molecular formula is C5H7NP+. The molecule has 0 saturated carbocycles. The van der Waals surface area contributed by atoms with Crippen LogP contribution in [-0.2, 0) is 0 Å². The molecule has 0 atom stereocenters. The zero-order chi connectivity index (χ0) is 5.11. The summed E-state index contributed by atoms with van der Waals surface area (Å²) >= 11 is 0. The Morgan fingerprint density at radius 3 is 2.86 bits per heavy atom. The summed E-state index contributed by atoms with van der Waals surface area (Å²) in [5, 5.41) is 6.60. The second kappa shape index (κ2) is 2.04.